The number of nitrogens with two attached hydrogens (primary N) is 1. The fourth-order valence-corrected chi connectivity index (χ4v) is 2.84. The molecule has 0 aliphatic carbocycles. The van der Waals surface area contributed by atoms with Crippen LogP contribution in [-0.4, -0.2) is 28.9 Å². The third-order valence-electron chi connectivity index (χ3n) is 2.79. The van der Waals surface area contributed by atoms with Gasteiger partial charge in [-0.25, -0.2) is 0 Å². The standard InChI is InChI=1S/C12H15N5O3S/c1-3-6(18)10-9(13)8(11(19)14-2)12(21-10)15-4-7-16-5-20-17-7/h5,15H,3-4,13H2,1-2H3,(H,14,19). The van der Waals surface area contributed by atoms with Crippen molar-refractivity contribution in [2.75, 3.05) is 18.1 Å². The molecule has 9 heteroatoms. The summed E-state index contributed by atoms with van der Waals surface area (Å²) >= 11 is 1.15. The molecule has 0 radical (unpaired) electrons. The van der Waals surface area contributed by atoms with Crippen LogP contribution < -0.4 is 16.4 Å². The molecule has 0 saturated carbocycles. The largest absolute Gasteiger partial charge is 0.397 e. The number of hydrogen-bond donors (Lipinski definition) is 3. The van der Waals surface area contributed by atoms with Crippen LogP contribution >= 0.6 is 11.3 Å². The van der Waals surface area contributed by atoms with Gasteiger partial charge in [0.1, 0.15) is 5.00 Å². The molecule has 0 fully saturated rings. The Morgan fingerprint density at radius 1 is 1.48 bits per heavy atom. The van der Waals surface area contributed by atoms with Crippen molar-refractivity contribution in [3.63, 3.8) is 0 Å². The van der Waals surface area contributed by atoms with E-state index in [2.05, 4.69) is 25.3 Å². The molecule has 0 spiro atoms. The van der Waals surface area contributed by atoms with Crippen LogP contribution in [0.3, 0.4) is 0 Å². The van der Waals surface area contributed by atoms with Crippen molar-refractivity contribution in [1.82, 2.24) is 15.5 Å². The maximum Gasteiger partial charge on any atom is 0.256 e. The van der Waals surface area contributed by atoms with Gasteiger partial charge in [0.15, 0.2) is 11.6 Å². The Morgan fingerprint density at radius 2 is 2.24 bits per heavy atom. The first-order valence-electron chi connectivity index (χ1n) is 6.25. The molecule has 1 amide bonds. The van der Waals surface area contributed by atoms with Crippen LogP contribution in [0.5, 0.6) is 0 Å². The lowest BCUT2D eigenvalue weighted by Crippen LogP contribution is -2.20. The average Bonchev–Trinajstić information content (AvgIpc) is 3.11. The van der Waals surface area contributed by atoms with E-state index in [9.17, 15) is 9.59 Å². The number of ketones is 1. The number of anilines is 2. The number of carbonyl (C=O) groups is 2. The lowest BCUT2D eigenvalue weighted by molar-refractivity contribution is 0.0964. The predicted octanol–water partition coefficient (Wildman–Crippen LogP) is 1.28. The summed E-state index contributed by atoms with van der Waals surface area (Å²) in [5.41, 5.74) is 6.41. The lowest BCUT2D eigenvalue weighted by Gasteiger charge is -2.05. The van der Waals surface area contributed by atoms with Crippen LogP contribution in [0.15, 0.2) is 10.9 Å². The number of nitrogens with zero attached hydrogens (tertiary/aromatic N) is 2. The summed E-state index contributed by atoms with van der Waals surface area (Å²) in [5, 5.41) is 9.70. The number of nitrogens with one attached hydrogen (secondary N) is 2. The summed E-state index contributed by atoms with van der Waals surface area (Å²) in [7, 11) is 1.50. The summed E-state index contributed by atoms with van der Waals surface area (Å²) in [6, 6.07) is 0. The molecule has 112 valence electrons. The van der Waals surface area contributed by atoms with Crippen LogP contribution in [0.4, 0.5) is 10.7 Å². The zero-order valence-corrected chi connectivity index (χ0v) is 12.4. The molecule has 2 aromatic rings. The molecule has 2 heterocycles. The molecular formula is C12H15N5O3S. The molecule has 2 rings (SSSR count). The average molecular weight is 309 g/mol. The van der Waals surface area contributed by atoms with Gasteiger partial charge in [-0.15, -0.1) is 11.3 Å². The van der Waals surface area contributed by atoms with Gasteiger partial charge in [0.25, 0.3) is 5.91 Å². The monoisotopic (exact) mass is 309 g/mol. The molecule has 0 unspecified atom stereocenters. The maximum atomic E-state index is 12.0. The first-order chi connectivity index (χ1) is 10.1. The number of Topliss-reactive ketones (excluding diaryl/α,β-unsaturated/α-hetero) is 1. The van der Waals surface area contributed by atoms with Gasteiger partial charge < -0.3 is 20.9 Å². The van der Waals surface area contributed by atoms with Crippen molar-refractivity contribution >= 4 is 33.7 Å². The number of carbonyl (C=O) groups excluding carboxylic acids is 2. The molecule has 0 saturated heterocycles. The Morgan fingerprint density at radius 3 is 2.81 bits per heavy atom. The quantitative estimate of drug-likeness (QED) is 0.687. The summed E-state index contributed by atoms with van der Waals surface area (Å²) in [6.45, 7) is 2.01. The topological polar surface area (TPSA) is 123 Å². The number of nitrogen functional groups attached to an aromatic ring is 1. The van der Waals surface area contributed by atoms with E-state index in [-0.39, 0.29) is 29.5 Å². The summed E-state index contributed by atoms with van der Waals surface area (Å²) in [6.07, 6.45) is 1.54. The van der Waals surface area contributed by atoms with Gasteiger partial charge >= 0.3 is 0 Å². The highest BCUT2D eigenvalue weighted by Crippen LogP contribution is 2.36. The second-order valence-electron chi connectivity index (χ2n) is 4.11. The van der Waals surface area contributed by atoms with Gasteiger partial charge in [0, 0.05) is 13.5 Å². The predicted molar refractivity (Wildman–Crippen MR) is 78.4 cm³/mol. The first kappa shape index (κ1) is 15.0. The number of amides is 1. The number of hydrogen-bond acceptors (Lipinski definition) is 8. The molecule has 0 aromatic carbocycles. The van der Waals surface area contributed by atoms with Crippen molar-refractivity contribution in [3.05, 3.63) is 22.7 Å². The maximum absolute atomic E-state index is 12.0. The molecule has 8 nitrogen and oxygen atoms in total. The minimum absolute atomic E-state index is 0.102. The van der Waals surface area contributed by atoms with E-state index in [1.165, 1.54) is 13.4 Å². The molecule has 0 aliphatic rings. The second-order valence-corrected chi connectivity index (χ2v) is 5.13. The van der Waals surface area contributed by atoms with Crippen LogP contribution in [0.25, 0.3) is 0 Å². The van der Waals surface area contributed by atoms with E-state index >= 15 is 0 Å². The molecule has 4 N–H and O–H groups in total. The molecule has 21 heavy (non-hydrogen) atoms. The van der Waals surface area contributed by atoms with E-state index in [4.69, 9.17) is 5.73 Å². The highest BCUT2D eigenvalue weighted by atomic mass is 32.1. The third-order valence-corrected chi connectivity index (χ3v) is 3.99. The summed E-state index contributed by atoms with van der Waals surface area (Å²) < 4.78 is 4.63. The van der Waals surface area contributed by atoms with Crippen LogP contribution in [0.2, 0.25) is 0 Å². The van der Waals surface area contributed by atoms with Gasteiger partial charge in [-0.3, -0.25) is 9.59 Å². The number of aromatic nitrogens is 2. The highest BCUT2D eigenvalue weighted by Gasteiger charge is 2.24. The minimum Gasteiger partial charge on any atom is -0.397 e. The minimum atomic E-state index is -0.352. The van der Waals surface area contributed by atoms with Gasteiger partial charge in [0.05, 0.1) is 22.7 Å². The van der Waals surface area contributed by atoms with Crippen LogP contribution in [-0.2, 0) is 6.54 Å². The van der Waals surface area contributed by atoms with Gasteiger partial charge in [-0.1, -0.05) is 12.1 Å². The molecule has 2 aromatic heterocycles. The van der Waals surface area contributed by atoms with E-state index in [1.54, 1.807) is 6.92 Å². The van der Waals surface area contributed by atoms with Crippen molar-refractivity contribution in [2.45, 2.75) is 19.9 Å². The Labute approximate surface area is 124 Å². The lowest BCUT2D eigenvalue weighted by atomic mass is 10.1. The van der Waals surface area contributed by atoms with Crippen molar-refractivity contribution in [2.24, 2.45) is 0 Å². The van der Waals surface area contributed by atoms with E-state index in [1.807, 2.05) is 0 Å². The van der Waals surface area contributed by atoms with E-state index in [0.717, 1.165) is 11.3 Å². The van der Waals surface area contributed by atoms with Gasteiger partial charge in [-0.05, 0) is 0 Å². The SMILES string of the molecule is CCC(=O)c1sc(NCc2ncon2)c(C(=O)NC)c1N. The van der Waals surface area contributed by atoms with Crippen molar-refractivity contribution < 1.29 is 14.1 Å². The number of rotatable bonds is 6. The fraction of sp³-hybridized carbons (Fsp3) is 0.333. The van der Waals surface area contributed by atoms with E-state index < -0.39 is 0 Å². The summed E-state index contributed by atoms with van der Waals surface area (Å²) in [5.74, 6) is -0.0158. The highest BCUT2D eigenvalue weighted by molar-refractivity contribution is 7.19. The van der Waals surface area contributed by atoms with E-state index in [0.29, 0.717) is 22.1 Å². The van der Waals surface area contributed by atoms with Crippen molar-refractivity contribution in [3.8, 4) is 0 Å². The van der Waals surface area contributed by atoms with Gasteiger partial charge in [0.2, 0.25) is 6.39 Å². The Kier molecular flexibility index (Phi) is 4.53. The molecule has 0 atom stereocenters. The summed E-state index contributed by atoms with van der Waals surface area (Å²) in [4.78, 5) is 28.1. The Bertz CT molecular complexity index is 650. The fourth-order valence-electron chi connectivity index (χ4n) is 1.72. The molecular weight excluding hydrogens is 294 g/mol. The Balaban J connectivity index is 2.33. The van der Waals surface area contributed by atoms with Gasteiger partial charge in [-0.2, -0.15) is 4.98 Å². The normalized spacial score (nSPS) is 10.4. The smallest absolute Gasteiger partial charge is 0.256 e. The molecule has 0 aliphatic heterocycles. The zero-order chi connectivity index (χ0) is 15.4. The van der Waals surface area contributed by atoms with Crippen LogP contribution in [0.1, 0.15) is 39.2 Å². The third kappa shape index (κ3) is 3.02. The van der Waals surface area contributed by atoms with Crippen LogP contribution in [0, 0.1) is 0 Å². The second kappa shape index (κ2) is 6.35. The first-order valence-corrected chi connectivity index (χ1v) is 7.06. The number of thiophene rings is 1. The molecule has 0 bridgehead atoms. The van der Waals surface area contributed by atoms with Crippen molar-refractivity contribution in [1.29, 1.82) is 0 Å². The zero-order valence-electron chi connectivity index (χ0n) is 11.6. The Hall–Kier alpha value is -2.42.